The molecule has 5 rings (SSSR count). The molecular weight excluding hydrogens is 536 g/mol. The summed E-state index contributed by atoms with van der Waals surface area (Å²) < 4.78 is 19.6. The van der Waals surface area contributed by atoms with E-state index in [1.165, 1.54) is 18.1 Å². The van der Waals surface area contributed by atoms with Gasteiger partial charge in [0, 0.05) is 28.5 Å². The number of aromatic nitrogens is 4. The average Bonchev–Trinajstić information content (AvgIpc) is 3.50. The van der Waals surface area contributed by atoms with E-state index >= 15 is 0 Å². The van der Waals surface area contributed by atoms with Crippen molar-refractivity contribution in [2.75, 3.05) is 19.1 Å². The zero-order chi connectivity index (χ0) is 24.7. The number of halogens is 1. The van der Waals surface area contributed by atoms with Crippen LogP contribution in [0.3, 0.4) is 0 Å². The van der Waals surface area contributed by atoms with Crippen LogP contribution in [0.1, 0.15) is 40.0 Å². The van der Waals surface area contributed by atoms with Crippen molar-refractivity contribution in [3.05, 3.63) is 22.9 Å². The standard InChI is InChI=1S/C23H27BrN6O4S/c1-23(2,3)34-22(31)29-7-4-5-13(29)6-8-30-20-18(19(25)26-11-27-20)28-21(30)35-17-10-16-15(9-14(17)24)32-12-33-16/h9-11,13H,4-8,12H2,1-3H3,(H2,25,26,27). The first-order chi connectivity index (χ1) is 16.7. The lowest BCUT2D eigenvalue weighted by atomic mass is 10.1. The number of imidazole rings is 1. The van der Waals surface area contributed by atoms with Crippen molar-refractivity contribution >= 4 is 50.8 Å². The third-order valence-electron chi connectivity index (χ3n) is 5.84. The number of carbonyl (C=O) groups excluding carboxylic acids is 1. The van der Waals surface area contributed by atoms with E-state index in [1.807, 2.05) is 42.4 Å². The summed E-state index contributed by atoms with van der Waals surface area (Å²) in [5, 5.41) is 0.730. The second-order valence-corrected chi connectivity index (χ2v) is 11.3. The van der Waals surface area contributed by atoms with Gasteiger partial charge in [-0.2, -0.15) is 0 Å². The van der Waals surface area contributed by atoms with Gasteiger partial charge in [-0.25, -0.2) is 19.7 Å². The van der Waals surface area contributed by atoms with Gasteiger partial charge in [-0.1, -0.05) is 11.8 Å². The summed E-state index contributed by atoms with van der Waals surface area (Å²) in [5.74, 6) is 1.72. The van der Waals surface area contributed by atoms with E-state index in [1.54, 1.807) is 0 Å². The molecule has 12 heteroatoms. The second kappa shape index (κ2) is 9.38. The number of hydrogen-bond donors (Lipinski definition) is 1. The molecule has 4 heterocycles. The average molecular weight is 563 g/mol. The number of benzene rings is 1. The van der Waals surface area contributed by atoms with Crippen molar-refractivity contribution in [1.29, 1.82) is 0 Å². The molecule has 3 aromatic rings. The molecule has 1 amide bonds. The number of aryl methyl sites for hydroxylation is 1. The summed E-state index contributed by atoms with van der Waals surface area (Å²) in [7, 11) is 0. The van der Waals surface area contributed by atoms with Crippen molar-refractivity contribution in [3.63, 3.8) is 0 Å². The maximum absolute atomic E-state index is 12.7. The molecular formula is C23H27BrN6O4S. The Kier molecular flexibility index (Phi) is 6.43. The number of amides is 1. The second-order valence-electron chi connectivity index (χ2n) is 9.47. The van der Waals surface area contributed by atoms with Gasteiger partial charge >= 0.3 is 6.09 Å². The van der Waals surface area contributed by atoms with E-state index in [-0.39, 0.29) is 18.9 Å². The lowest BCUT2D eigenvalue weighted by Gasteiger charge is -2.28. The normalized spacial score (nSPS) is 17.4. The molecule has 10 nitrogen and oxygen atoms in total. The summed E-state index contributed by atoms with van der Waals surface area (Å²) >= 11 is 5.11. The molecule has 0 radical (unpaired) electrons. The number of fused-ring (bicyclic) bond motifs is 2. The summed E-state index contributed by atoms with van der Waals surface area (Å²) in [4.78, 5) is 28.9. The number of anilines is 1. The third kappa shape index (κ3) is 4.99. The number of nitrogen functional groups attached to an aromatic ring is 1. The Morgan fingerprint density at radius 3 is 2.83 bits per heavy atom. The summed E-state index contributed by atoms with van der Waals surface area (Å²) in [6.45, 7) is 7.17. The molecule has 2 aliphatic heterocycles. The maximum Gasteiger partial charge on any atom is 0.410 e. The molecule has 2 N–H and O–H groups in total. The molecule has 2 aromatic heterocycles. The highest BCUT2D eigenvalue weighted by Gasteiger charge is 2.32. The van der Waals surface area contributed by atoms with Crippen LogP contribution in [-0.4, -0.2) is 55.5 Å². The van der Waals surface area contributed by atoms with Crippen LogP contribution in [0.15, 0.2) is 33.0 Å². The molecule has 35 heavy (non-hydrogen) atoms. The molecule has 1 aromatic carbocycles. The molecule has 1 saturated heterocycles. The van der Waals surface area contributed by atoms with Gasteiger partial charge in [0.05, 0.1) is 0 Å². The molecule has 1 unspecified atom stereocenters. The van der Waals surface area contributed by atoms with Gasteiger partial charge < -0.3 is 29.4 Å². The predicted molar refractivity (Wildman–Crippen MR) is 135 cm³/mol. The number of nitrogens with two attached hydrogens (primary N) is 1. The van der Waals surface area contributed by atoms with Gasteiger partial charge in [0.1, 0.15) is 11.9 Å². The lowest BCUT2D eigenvalue weighted by molar-refractivity contribution is 0.0217. The van der Waals surface area contributed by atoms with Crippen molar-refractivity contribution in [2.45, 2.75) is 68.3 Å². The zero-order valence-corrected chi connectivity index (χ0v) is 22.2. The fraction of sp³-hybridized carbons (Fsp3) is 0.478. The van der Waals surface area contributed by atoms with Crippen molar-refractivity contribution in [2.24, 2.45) is 0 Å². The fourth-order valence-corrected chi connectivity index (χ4v) is 5.77. The largest absolute Gasteiger partial charge is 0.454 e. The van der Waals surface area contributed by atoms with Crippen LogP contribution < -0.4 is 15.2 Å². The highest BCUT2D eigenvalue weighted by molar-refractivity contribution is 9.10. The molecule has 186 valence electrons. The first-order valence-electron chi connectivity index (χ1n) is 11.4. The van der Waals surface area contributed by atoms with Crippen LogP contribution >= 0.6 is 27.7 Å². The molecule has 0 bridgehead atoms. The van der Waals surface area contributed by atoms with E-state index in [0.29, 0.717) is 41.6 Å². The Labute approximate surface area is 215 Å². The number of rotatable bonds is 5. The van der Waals surface area contributed by atoms with E-state index in [4.69, 9.17) is 24.9 Å². The monoisotopic (exact) mass is 562 g/mol. The summed E-state index contributed by atoms with van der Waals surface area (Å²) in [6.07, 6.45) is 3.81. The minimum absolute atomic E-state index is 0.0802. The maximum atomic E-state index is 12.7. The van der Waals surface area contributed by atoms with E-state index in [0.717, 1.165) is 33.8 Å². The topological polar surface area (TPSA) is 118 Å². The van der Waals surface area contributed by atoms with E-state index < -0.39 is 5.60 Å². The van der Waals surface area contributed by atoms with E-state index in [2.05, 4.69) is 25.9 Å². The fourth-order valence-electron chi connectivity index (χ4n) is 4.26. The van der Waals surface area contributed by atoms with Crippen LogP contribution in [0.2, 0.25) is 0 Å². The van der Waals surface area contributed by atoms with Gasteiger partial charge in [-0.15, -0.1) is 0 Å². The van der Waals surface area contributed by atoms with Crippen LogP contribution in [0.25, 0.3) is 11.2 Å². The molecule has 0 aliphatic carbocycles. The van der Waals surface area contributed by atoms with Crippen LogP contribution in [0.5, 0.6) is 11.5 Å². The Morgan fingerprint density at radius 2 is 2.06 bits per heavy atom. The molecule has 1 atom stereocenters. The van der Waals surface area contributed by atoms with Crippen LogP contribution in [-0.2, 0) is 11.3 Å². The quantitative estimate of drug-likeness (QED) is 0.465. The molecule has 0 saturated carbocycles. The molecule has 2 aliphatic rings. The lowest BCUT2D eigenvalue weighted by Crippen LogP contribution is -2.40. The smallest absolute Gasteiger partial charge is 0.410 e. The Hall–Kier alpha value is -2.73. The van der Waals surface area contributed by atoms with Gasteiger partial charge in [-0.3, -0.25) is 0 Å². The third-order valence-corrected chi connectivity index (χ3v) is 7.82. The minimum Gasteiger partial charge on any atom is -0.454 e. The minimum atomic E-state index is -0.527. The van der Waals surface area contributed by atoms with Crippen LogP contribution in [0, 0.1) is 0 Å². The van der Waals surface area contributed by atoms with E-state index in [9.17, 15) is 4.79 Å². The van der Waals surface area contributed by atoms with Crippen molar-refractivity contribution in [1.82, 2.24) is 24.4 Å². The number of carbonyl (C=O) groups is 1. The van der Waals surface area contributed by atoms with Crippen molar-refractivity contribution < 1.29 is 19.0 Å². The zero-order valence-electron chi connectivity index (χ0n) is 19.8. The predicted octanol–water partition coefficient (Wildman–Crippen LogP) is 4.84. The first-order valence-corrected chi connectivity index (χ1v) is 13.0. The highest BCUT2D eigenvalue weighted by atomic mass is 79.9. The number of ether oxygens (including phenoxy) is 3. The Balaban J connectivity index is 1.41. The first kappa shape index (κ1) is 24.0. The number of hydrogen-bond acceptors (Lipinski definition) is 9. The Bertz CT molecular complexity index is 1280. The molecule has 1 fully saturated rings. The summed E-state index contributed by atoms with van der Waals surface area (Å²) in [6, 6.07) is 3.90. The number of likely N-dealkylation sites (tertiary alicyclic amines) is 1. The summed E-state index contributed by atoms with van der Waals surface area (Å²) in [5.41, 5.74) is 6.82. The van der Waals surface area contributed by atoms with Gasteiger partial charge in [0.15, 0.2) is 33.6 Å². The van der Waals surface area contributed by atoms with Gasteiger partial charge in [0.25, 0.3) is 0 Å². The highest BCUT2D eigenvalue weighted by Crippen LogP contribution is 2.43. The van der Waals surface area contributed by atoms with Gasteiger partial charge in [-0.05, 0) is 68.1 Å². The SMILES string of the molecule is CC(C)(C)OC(=O)N1CCCC1CCn1c(Sc2cc3c(cc2Br)OCO3)nc2c(N)ncnc21. The molecule has 0 spiro atoms. The Morgan fingerprint density at radius 1 is 1.29 bits per heavy atom. The van der Waals surface area contributed by atoms with Crippen LogP contribution in [0.4, 0.5) is 10.6 Å². The number of nitrogens with zero attached hydrogens (tertiary/aromatic N) is 5. The van der Waals surface area contributed by atoms with Gasteiger partial charge in [0.2, 0.25) is 6.79 Å². The van der Waals surface area contributed by atoms with Crippen molar-refractivity contribution in [3.8, 4) is 11.5 Å².